The van der Waals surface area contributed by atoms with E-state index >= 15 is 0 Å². The normalized spacial score (nSPS) is 15.8. The molecule has 1 aliphatic heterocycles. The van der Waals surface area contributed by atoms with E-state index in [0.717, 1.165) is 0 Å². The van der Waals surface area contributed by atoms with Gasteiger partial charge in [-0.15, -0.1) is 0 Å². The molecule has 1 heterocycles. The molecular formula is C37H57N7O11. The van der Waals surface area contributed by atoms with Gasteiger partial charge >= 0.3 is 12.2 Å². The summed E-state index contributed by atoms with van der Waals surface area (Å²) < 4.78 is 15.7. The zero-order valence-corrected chi connectivity index (χ0v) is 33.2. The van der Waals surface area contributed by atoms with Gasteiger partial charge in [-0.3, -0.25) is 28.8 Å². The standard InChI is InChI=1S/C37H57N7O11/c1-21(2)17-25(31(48)39-19-28(38)45)42-33(50)27-11-10-16-44(27)29(46)20-40-30(47)22(3)41-32(49)26(43-34(51)54-36(4,5)6)18-23-12-14-24(15-13-23)53-35(52)55-37(7,8)9/h12-15,21-22,25-27H,10-11,16-20H2,1-9H3,(H2,38,45)(H,39,48)(H,40,47)(H,41,49)(H,42,50)(H,43,51)/t22-,25-,26+,27-/m0/s1. The summed E-state index contributed by atoms with van der Waals surface area (Å²) in [5, 5.41) is 12.6. The second-order valence-electron chi connectivity index (χ2n) is 15.7. The first-order valence-electron chi connectivity index (χ1n) is 18.2. The Labute approximate surface area is 321 Å². The molecule has 2 rings (SSSR count). The molecule has 0 radical (unpaired) electrons. The molecule has 1 aromatic rings. The molecule has 0 spiro atoms. The molecule has 0 unspecified atom stereocenters. The average molecular weight is 776 g/mol. The molecule has 1 aliphatic rings. The van der Waals surface area contributed by atoms with Crippen molar-refractivity contribution in [3.8, 4) is 5.75 Å². The second kappa shape index (κ2) is 20.3. The van der Waals surface area contributed by atoms with E-state index in [2.05, 4.69) is 26.6 Å². The molecule has 0 saturated carbocycles. The first-order chi connectivity index (χ1) is 25.4. The fourth-order valence-corrected chi connectivity index (χ4v) is 5.36. The summed E-state index contributed by atoms with van der Waals surface area (Å²) in [5.41, 5.74) is 4.08. The van der Waals surface area contributed by atoms with Crippen LogP contribution in [0.4, 0.5) is 9.59 Å². The molecule has 7 N–H and O–H groups in total. The third-order valence-electron chi connectivity index (χ3n) is 7.78. The van der Waals surface area contributed by atoms with Crippen LogP contribution >= 0.6 is 0 Å². The van der Waals surface area contributed by atoms with Crippen LogP contribution < -0.4 is 37.1 Å². The van der Waals surface area contributed by atoms with Gasteiger partial charge in [0.05, 0.1) is 13.1 Å². The predicted octanol–water partition coefficient (Wildman–Crippen LogP) is 1.18. The van der Waals surface area contributed by atoms with Crippen molar-refractivity contribution >= 4 is 47.7 Å². The lowest BCUT2D eigenvalue weighted by molar-refractivity contribution is -0.140. The SMILES string of the molecule is CC(C)C[C@H](NC(=O)[C@@H]1CCCN1C(=O)CNC(=O)[C@H](C)NC(=O)[C@@H](Cc1ccc(OC(=O)OC(C)(C)C)cc1)NC(=O)OC(C)(C)C)C(=O)NCC(N)=O. The van der Waals surface area contributed by atoms with Gasteiger partial charge in [-0.1, -0.05) is 26.0 Å². The van der Waals surface area contributed by atoms with E-state index in [-0.39, 0.29) is 37.6 Å². The van der Waals surface area contributed by atoms with E-state index in [1.165, 1.54) is 24.0 Å². The maximum absolute atomic E-state index is 13.4. The second-order valence-corrected chi connectivity index (χ2v) is 15.7. The first kappa shape index (κ1) is 45.7. The molecule has 1 aromatic carbocycles. The van der Waals surface area contributed by atoms with E-state index in [1.54, 1.807) is 53.7 Å². The van der Waals surface area contributed by atoms with Crippen molar-refractivity contribution in [3.05, 3.63) is 29.8 Å². The number of nitrogens with one attached hydrogen (secondary N) is 5. The van der Waals surface area contributed by atoms with Gasteiger partial charge in [0.2, 0.25) is 35.4 Å². The summed E-state index contributed by atoms with van der Waals surface area (Å²) in [4.78, 5) is 103. The number of likely N-dealkylation sites (tertiary alicyclic amines) is 1. The van der Waals surface area contributed by atoms with Crippen LogP contribution in [0, 0.1) is 5.92 Å². The zero-order valence-electron chi connectivity index (χ0n) is 33.2. The van der Waals surface area contributed by atoms with Crippen LogP contribution in [0.5, 0.6) is 5.75 Å². The molecule has 55 heavy (non-hydrogen) atoms. The number of carbonyl (C=O) groups excluding carboxylic acids is 8. The summed E-state index contributed by atoms with van der Waals surface area (Å²) in [6.45, 7) is 14.6. The highest BCUT2D eigenvalue weighted by molar-refractivity contribution is 5.95. The van der Waals surface area contributed by atoms with E-state index in [0.29, 0.717) is 18.4 Å². The van der Waals surface area contributed by atoms with Crippen LogP contribution in [-0.2, 0) is 44.7 Å². The lowest BCUT2D eigenvalue weighted by Crippen LogP contribution is -2.56. The number of rotatable bonds is 16. The van der Waals surface area contributed by atoms with Crippen LogP contribution in [-0.4, -0.2) is 108 Å². The lowest BCUT2D eigenvalue weighted by Gasteiger charge is -2.27. The number of primary amides is 1. The van der Waals surface area contributed by atoms with Crippen LogP contribution in [0.3, 0.4) is 0 Å². The van der Waals surface area contributed by atoms with Crippen molar-refractivity contribution in [2.24, 2.45) is 11.7 Å². The zero-order chi connectivity index (χ0) is 41.7. The maximum atomic E-state index is 13.4. The summed E-state index contributed by atoms with van der Waals surface area (Å²) in [6.07, 6.45) is -0.666. The minimum Gasteiger partial charge on any atom is -0.444 e. The number of nitrogens with two attached hydrogens (primary N) is 1. The number of amides is 7. The minimum absolute atomic E-state index is 0.0194. The molecule has 18 nitrogen and oxygen atoms in total. The van der Waals surface area contributed by atoms with Gasteiger partial charge in [0.25, 0.3) is 0 Å². The number of hydrogen-bond donors (Lipinski definition) is 6. The first-order valence-corrected chi connectivity index (χ1v) is 18.2. The van der Waals surface area contributed by atoms with Gasteiger partial charge < -0.3 is 51.4 Å². The molecule has 7 amide bonds. The Hall–Kier alpha value is -5.42. The topological polar surface area (TPSA) is 254 Å². The molecule has 1 fully saturated rings. The molecule has 0 bridgehead atoms. The Morgan fingerprint density at radius 2 is 1.38 bits per heavy atom. The Morgan fingerprint density at radius 1 is 0.782 bits per heavy atom. The molecule has 1 saturated heterocycles. The number of alkyl carbamates (subject to hydrolysis) is 1. The summed E-state index contributed by atoms with van der Waals surface area (Å²) >= 11 is 0. The number of nitrogens with zero attached hydrogens (tertiary/aromatic N) is 1. The fourth-order valence-electron chi connectivity index (χ4n) is 5.36. The highest BCUT2D eigenvalue weighted by Crippen LogP contribution is 2.19. The Balaban J connectivity index is 2.05. The third kappa shape index (κ3) is 17.1. The monoisotopic (exact) mass is 775 g/mol. The van der Waals surface area contributed by atoms with Crippen molar-refractivity contribution < 1.29 is 52.6 Å². The van der Waals surface area contributed by atoms with Crippen molar-refractivity contribution in [3.63, 3.8) is 0 Å². The van der Waals surface area contributed by atoms with Crippen molar-refractivity contribution in [2.45, 2.75) is 123 Å². The quantitative estimate of drug-likeness (QED) is 0.103. The molecule has 0 aliphatic carbocycles. The van der Waals surface area contributed by atoms with E-state index in [1.807, 2.05) is 13.8 Å². The largest absolute Gasteiger partial charge is 0.514 e. The Morgan fingerprint density at radius 3 is 1.95 bits per heavy atom. The van der Waals surface area contributed by atoms with E-state index in [9.17, 15) is 38.4 Å². The molecular weight excluding hydrogens is 718 g/mol. The minimum atomic E-state index is -1.20. The molecule has 4 atom stereocenters. The Bertz CT molecular complexity index is 1550. The fraction of sp³-hybridized carbons (Fsp3) is 0.622. The third-order valence-corrected chi connectivity index (χ3v) is 7.78. The van der Waals surface area contributed by atoms with Crippen LogP contribution in [0.15, 0.2) is 24.3 Å². The predicted molar refractivity (Wildman–Crippen MR) is 199 cm³/mol. The van der Waals surface area contributed by atoms with E-state index < -0.39 is 89.6 Å². The summed E-state index contributed by atoms with van der Waals surface area (Å²) in [7, 11) is 0. The highest BCUT2D eigenvalue weighted by atomic mass is 16.7. The number of ether oxygens (including phenoxy) is 3. The maximum Gasteiger partial charge on any atom is 0.514 e. The molecule has 18 heteroatoms. The van der Waals surface area contributed by atoms with Crippen molar-refractivity contribution in [1.29, 1.82) is 0 Å². The smallest absolute Gasteiger partial charge is 0.444 e. The average Bonchev–Trinajstić information content (AvgIpc) is 3.54. The van der Waals surface area contributed by atoms with Crippen LogP contribution in [0.1, 0.15) is 87.1 Å². The van der Waals surface area contributed by atoms with Gasteiger partial charge in [0.1, 0.15) is 41.1 Å². The number of carbonyl (C=O) groups is 8. The van der Waals surface area contributed by atoms with Gasteiger partial charge in [0.15, 0.2) is 0 Å². The van der Waals surface area contributed by atoms with Crippen molar-refractivity contribution in [1.82, 2.24) is 31.5 Å². The number of benzene rings is 1. The molecule has 0 aromatic heterocycles. The van der Waals surface area contributed by atoms with E-state index in [4.69, 9.17) is 19.9 Å². The lowest BCUT2D eigenvalue weighted by atomic mass is 10.0. The van der Waals surface area contributed by atoms with Gasteiger partial charge in [-0.2, -0.15) is 0 Å². The van der Waals surface area contributed by atoms with Crippen molar-refractivity contribution in [2.75, 3.05) is 19.6 Å². The summed E-state index contributed by atoms with van der Waals surface area (Å²) in [5.74, 6) is -3.62. The van der Waals surface area contributed by atoms with Crippen LogP contribution in [0.2, 0.25) is 0 Å². The van der Waals surface area contributed by atoms with Gasteiger partial charge in [-0.25, -0.2) is 9.59 Å². The molecule has 306 valence electrons. The van der Waals surface area contributed by atoms with Gasteiger partial charge in [0, 0.05) is 13.0 Å². The highest BCUT2D eigenvalue weighted by Gasteiger charge is 2.36. The summed E-state index contributed by atoms with van der Waals surface area (Å²) in [6, 6.07) is 1.97. The van der Waals surface area contributed by atoms with Crippen LogP contribution in [0.25, 0.3) is 0 Å². The Kier molecular flexibility index (Phi) is 16.9. The number of hydrogen-bond acceptors (Lipinski definition) is 11. The van der Waals surface area contributed by atoms with Gasteiger partial charge in [-0.05, 0) is 91.3 Å².